The van der Waals surface area contributed by atoms with E-state index in [9.17, 15) is 9.59 Å². The summed E-state index contributed by atoms with van der Waals surface area (Å²) in [6, 6.07) is -0.406. The van der Waals surface area contributed by atoms with E-state index in [4.69, 9.17) is 0 Å². The topological polar surface area (TPSA) is 61.8 Å². The Hall–Kier alpha value is -1.04. The van der Waals surface area contributed by atoms with Crippen LogP contribution in [0.2, 0.25) is 0 Å². The molecule has 17 heavy (non-hydrogen) atoms. The number of imide groups is 1. The number of hydrogen-bond donors (Lipinski definition) is 1. The van der Waals surface area contributed by atoms with Gasteiger partial charge in [-0.15, -0.1) is 0 Å². The van der Waals surface area contributed by atoms with Gasteiger partial charge in [0.1, 0.15) is 6.04 Å². The molecule has 92 valence electrons. The number of likely N-dealkylation sites (N-methyl/N-ethyl adjacent to an activating group) is 1. The minimum absolute atomic E-state index is 0.116. The largest absolute Gasteiger partial charge is 0.353 e. The van der Waals surface area contributed by atoms with E-state index in [2.05, 4.69) is 10.3 Å². The van der Waals surface area contributed by atoms with Crippen molar-refractivity contribution in [3.63, 3.8) is 0 Å². The van der Waals surface area contributed by atoms with Crippen molar-refractivity contribution in [3.05, 3.63) is 0 Å². The van der Waals surface area contributed by atoms with Crippen molar-refractivity contribution in [2.75, 3.05) is 13.6 Å². The van der Waals surface area contributed by atoms with Crippen molar-refractivity contribution in [1.82, 2.24) is 10.2 Å². The molecule has 0 bridgehead atoms. The van der Waals surface area contributed by atoms with Crippen molar-refractivity contribution >= 4 is 28.7 Å². The summed E-state index contributed by atoms with van der Waals surface area (Å²) in [5, 5.41) is 4.52. The molecule has 2 atom stereocenters. The summed E-state index contributed by atoms with van der Waals surface area (Å²) in [6.07, 6.45) is 2.87. The van der Waals surface area contributed by atoms with Crippen molar-refractivity contribution in [2.24, 2.45) is 10.9 Å². The highest BCUT2D eigenvalue weighted by Crippen LogP contribution is 2.41. The Balaban J connectivity index is 1.57. The fourth-order valence-corrected chi connectivity index (χ4v) is 3.46. The van der Waals surface area contributed by atoms with Crippen molar-refractivity contribution in [3.8, 4) is 0 Å². The first-order chi connectivity index (χ1) is 8.15. The summed E-state index contributed by atoms with van der Waals surface area (Å²) in [4.78, 5) is 28.7. The molecule has 2 fully saturated rings. The molecule has 2 aliphatic heterocycles. The van der Waals surface area contributed by atoms with Crippen LogP contribution in [0.4, 0.5) is 0 Å². The molecule has 3 aliphatic rings. The third-order valence-electron chi connectivity index (χ3n) is 3.50. The molecular weight excluding hydrogens is 238 g/mol. The number of carbonyl (C=O) groups excluding carboxylic acids is 2. The molecule has 2 heterocycles. The molecule has 2 amide bonds. The van der Waals surface area contributed by atoms with Crippen LogP contribution in [0.5, 0.6) is 0 Å². The summed E-state index contributed by atoms with van der Waals surface area (Å²) < 4.78 is 0. The maximum atomic E-state index is 11.7. The second-order valence-corrected chi connectivity index (χ2v) is 6.06. The van der Waals surface area contributed by atoms with Crippen LogP contribution in [-0.4, -0.2) is 46.8 Å². The zero-order chi connectivity index (χ0) is 12.0. The average molecular weight is 253 g/mol. The van der Waals surface area contributed by atoms with Crippen LogP contribution in [0.3, 0.4) is 0 Å². The quantitative estimate of drug-likeness (QED) is 0.715. The number of hydrogen-bond acceptors (Lipinski definition) is 5. The van der Waals surface area contributed by atoms with E-state index in [0.29, 0.717) is 5.25 Å². The van der Waals surface area contributed by atoms with E-state index in [0.717, 1.165) is 17.6 Å². The van der Waals surface area contributed by atoms with Crippen molar-refractivity contribution < 1.29 is 9.59 Å². The third kappa shape index (κ3) is 2.06. The molecule has 6 heteroatoms. The van der Waals surface area contributed by atoms with Crippen LogP contribution in [0.1, 0.15) is 19.3 Å². The maximum absolute atomic E-state index is 11.7. The van der Waals surface area contributed by atoms with Crippen molar-refractivity contribution in [2.45, 2.75) is 30.6 Å². The van der Waals surface area contributed by atoms with E-state index in [1.54, 1.807) is 11.8 Å². The predicted molar refractivity (Wildman–Crippen MR) is 65.7 cm³/mol. The van der Waals surface area contributed by atoms with Gasteiger partial charge in [-0.25, -0.2) is 0 Å². The number of carbonyl (C=O) groups is 2. The highest BCUT2D eigenvalue weighted by atomic mass is 32.2. The monoisotopic (exact) mass is 253 g/mol. The lowest BCUT2D eigenvalue weighted by Gasteiger charge is -2.12. The Morgan fingerprint density at radius 1 is 1.41 bits per heavy atom. The molecule has 0 aromatic carbocycles. The average Bonchev–Trinajstić information content (AvgIpc) is 3.02. The SMILES string of the molecule is CN1C(=O)CC(NC2=NCC(C3CC3)S2)C1=O. The zero-order valence-corrected chi connectivity index (χ0v) is 10.5. The van der Waals surface area contributed by atoms with Crippen LogP contribution < -0.4 is 5.32 Å². The number of amides is 2. The van der Waals surface area contributed by atoms with Crippen molar-refractivity contribution in [1.29, 1.82) is 0 Å². The highest BCUT2D eigenvalue weighted by Gasteiger charge is 2.39. The minimum atomic E-state index is -0.406. The fourth-order valence-electron chi connectivity index (χ4n) is 2.20. The number of thioether (sulfide) groups is 1. The number of nitrogens with zero attached hydrogens (tertiary/aromatic N) is 2. The van der Waals surface area contributed by atoms with E-state index in [-0.39, 0.29) is 18.2 Å². The van der Waals surface area contributed by atoms with Gasteiger partial charge >= 0.3 is 0 Å². The van der Waals surface area contributed by atoms with Crippen LogP contribution in [0.25, 0.3) is 0 Å². The van der Waals surface area contributed by atoms with Gasteiger partial charge in [-0.2, -0.15) is 0 Å². The molecule has 3 rings (SSSR count). The Morgan fingerprint density at radius 3 is 2.76 bits per heavy atom. The molecule has 0 aromatic rings. The summed E-state index contributed by atoms with van der Waals surface area (Å²) in [5.41, 5.74) is 0. The third-order valence-corrected chi connectivity index (χ3v) is 4.81. The molecule has 1 aliphatic carbocycles. The Morgan fingerprint density at radius 2 is 2.18 bits per heavy atom. The molecule has 2 unspecified atom stereocenters. The number of likely N-dealkylation sites (tertiary alicyclic amines) is 1. The number of nitrogens with one attached hydrogen (secondary N) is 1. The minimum Gasteiger partial charge on any atom is -0.353 e. The standard InChI is InChI=1S/C11H15N3O2S/c1-14-9(15)4-7(10(14)16)13-11-12-5-8(17-11)6-2-3-6/h6-8H,2-5H2,1H3,(H,12,13). The highest BCUT2D eigenvalue weighted by molar-refractivity contribution is 8.14. The molecule has 0 spiro atoms. The van der Waals surface area contributed by atoms with E-state index < -0.39 is 6.04 Å². The Labute approximate surface area is 104 Å². The fraction of sp³-hybridized carbons (Fsp3) is 0.727. The first-order valence-corrected chi connectivity index (χ1v) is 6.81. The number of rotatable bonds is 2. The van der Waals surface area contributed by atoms with Crippen LogP contribution in [-0.2, 0) is 9.59 Å². The van der Waals surface area contributed by atoms with E-state index in [1.807, 2.05) is 0 Å². The molecule has 1 N–H and O–H groups in total. The van der Waals surface area contributed by atoms with Gasteiger partial charge in [-0.05, 0) is 18.8 Å². The zero-order valence-electron chi connectivity index (χ0n) is 9.68. The van der Waals surface area contributed by atoms with Gasteiger partial charge in [-0.1, -0.05) is 11.8 Å². The molecule has 0 radical (unpaired) electrons. The number of aliphatic imine (C=N–C) groups is 1. The van der Waals surface area contributed by atoms with E-state index in [1.165, 1.54) is 24.8 Å². The molecule has 1 saturated heterocycles. The molecule has 0 aromatic heterocycles. The second-order valence-electron chi connectivity index (χ2n) is 4.83. The van der Waals surface area contributed by atoms with Gasteiger partial charge in [0, 0.05) is 12.3 Å². The molecular formula is C11H15N3O2S. The van der Waals surface area contributed by atoms with Crippen LogP contribution in [0.15, 0.2) is 4.99 Å². The number of amidine groups is 1. The van der Waals surface area contributed by atoms with Gasteiger partial charge in [0.05, 0.1) is 13.0 Å². The summed E-state index contributed by atoms with van der Waals surface area (Å²) in [6.45, 7) is 0.850. The first-order valence-electron chi connectivity index (χ1n) is 5.93. The van der Waals surface area contributed by atoms with Gasteiger partial charge in [-0.3, -0.25) is 19.5 Å². The van der Waals surface area contributed by atoms with Crippen LogP contribution in [0, 0.1) is 5.92 Å². The maximum Gasteiger partial charge on any atom is 0.251 e. The predicted octanol–water partition coefficient (Wildman–Crippen LogP) is 0.215. The summed E-state index contributed by atoms with van der Waals surface area (Å²) in [7, 11) is 1.53. The summed E-state index contributed by atoms with van der Waals surface area (Å²) >= 11 is 1.73. The first kappa shape index (κ1) is 11.1. The molecule has 5 nitrogen and oxygen atoms in total. The van der Waals surface area contributed by atoms with Gasteiger partial charge in [0.2, 0.25) is 5.91 Å². The lowest BCUT2D eigenvalue weighted by molar-refractivity contribution is -0.137. The van der Waals surface area contributed by atoms with E-state index >= 15 is 0 Å². The normalized spacial score (nSPS) is 33.2. The lowest BCUT2D eigenvalue weighted by atomic mass is 10.2. The van der Waals surface area contributed by atoms with Gasteiger partial charge < -0.3 is 5.32 Å². The smallest absolute Gasteiger partial charge is 0.251 e. The van der Waals surface area contributed by atoms with Gasteiger partial charge in [0.15, 0.2) is 5.17 Å². The summed E-state index contributed by atoms with van der Waals surface area (Å²) in [5.74, 6) is 0.551. The second kappa shape index (κ2) is 4.01. The lowest BCUT2D eigenvalue weighted by Crippen LogP contribution is -2.39. The molecule has 1 saturated carbocycles. The Kier molecular flexibility index (Phi) is 2.61. The van der Waals surface area contributed by atoms with Crippen LogP contribution >= 0.6 is 11.8 Å². The Bertz CT molecular complexity index is 406. The van der Waals surface area contributed by atoms with Gasteiger partial charge in [0.25, 0.3) is 5.91 Å².